The Labute approximate surface area is 122 Å². The maximum atomic E-state index is 12.5. The fourth-order valence-corrected chi connectivity index (χ4v) is 2.51. The van der Waals surface area contributed by atoms with Gasteiger partial charge in [-0.25, -0.2) is 9.48 Å². The Balaban J connectivity index is 2.28. The monoisotopic (exact) mass is 293 g/mol. The summed E-state index contributed by atoms with van der Waals surface area (Å²) in [4.78, 5) is 36.7. The molecule has 1 aromatic rings. The molecular formula is C14H19N3O4. The quantitative estimate of drug-likeness (QED) is 0.883. The van der Waals surface area contributed by atoms with Gasteiger partial charge in [0.2, 0.25) is 0 Å². The Morgan fingerprint density at radius 2 is 2.14 bits per heavy atom. The number of piperidine rings is 1. The first kappa shape index (κ1) is 15.2. The lowest BCUT2D eigenvalue weighted by atomic mass is 10.0. The van der Waals surface area contributed by atoms with Crippen LogP contribution >= 0.6 is 0 Å². The van der Waals surface area contributed by atoms with Crippen molar-refractivity contribution in [2.45, 2.75) is 45.2 Å². The number of aliphatic carboxylic acids is 1. The third-order valence-electron chi connectivity index (χ3n) is 3.57. The van der Waals surface area contributed by atoms with Crippen molar-refractivity contribution in [1.82, 2.24) is 14.7 Å². The second kappa shape index (κ2) is 6.51. The number of hydrogen-bond acceptors (Lipinski definition) is 4. The molecule has 1 atom stereocenters. The number of nitrogens with zero attached hydrogens (tertiary/aromatic N) is 3. The molecule has 0 aliphatic carbocycles. The molecule has 2 rings (SSSR count). The van der Waals surface area contributed by atoms with Crippen LogP contribution in [0.15, 0.2) is 16.9 Å². The minimum absolute atomic E-state index is 0.121. The van der Waals surface area contributed by atoms with Crippen molar-refractivity contribution in [3.8, 4) is 0 Å². The number of hydrogen-bond donors (Lipinski definition) is 1. The van der Waals surface area contributed by atoms with Crippen molar-refractivity contribution < 1.29 is 14.7 Å². The summed E-state index contributed by atoms with van der Waals surface area (Å²) in [6.07, 6.45) is 2.76. The van der Waals surface area contributed by atoms with Crippen molar-refractivity contribution in [3.63, 3.8) is 0 Å². The lowest BCUT2D eigenvalue weighted by molar-refractivity contribution is -0.143. The van der Waals surface area contributed by atoms with E-state index in [0.29, 0.717) is 19.5 Å². The second-order valence-corrected chi connectivity index (χ2v) is 5.13. The molecule has 0 radical (unpaired) electrons. The summed E-state index contributed by atoms with van der Waals surface area (Å²) in [5.74, 6) is -1.42. The molecule has 0 spiro atoms. The Kier molecular flexibility index (Phi) is 4.72. The first-order chi connectivity index (χ1) is 10.0. The van der Waals surface area contributed by atoms with Crippen molar-refractivity contribution in [2.75, 3.05) is 6.54 Å². The molecule has 1 fully saturated rings. The molecule has 1 aromatic heterocycles. The molecule has 7 nitrogen and oxygen atoms in total. The molecule has 2 heterocycles. The molecule has 0 aromatic carbocycles. The van der Waals surface area contributed by atoms with E-state index < -0.39 is 17.9 Å². The van der Waals surface area contributed by atoms with Crippen LogP contribution in [0.3, 0.4) is 0 Å². The zero-order valence-electron chi connectivity index (χ0n) is 12.0. The number of carbonyl (C=O) groups is 2. The molecule has 1 amide bonds. The summed E-state index contributed by atoms with van der Waals surface area (Å²) in [5, 5.41) is 13.3. The van der Waals surface area contributed by atoms with Crippen molar-refractivity contribution in [1.29, 1.82) is 0 Å². The van der Waals surface area contributed by atoms with E-state index in [0.717, 1.165) is 19.3 Å². The Morgan fingerprint density at radius 3 is 2.81 bits per heavy atom. The number of carboxylic acid groups (broad SMARTS) is 1. The van der Waals surface area contributed by atoms with Crippen LogP contribution in [-0.2, 0) is 11.3 Å². The van der Waals surface area contributed by atoms with Gasteiger partial charge < -0.3 is 10.0 Å². The molecule has 1 aliphatic heterocycles. The number of rotatable bonds is 4. The highest BCUT2D eigenvalue weighted by atomic mass is 16.4. The maximum absolute atomic E-state index is 12.5. The Hall–Kier alpha value is -2.18. The summed E-state index contributed by atoms with van der Waals surface area (Å²) in [6, 6.07) is 1.86. The van der Waals surface area contributed by atoms with Gasteiger partial charge in [-0.2, -0.15) is 5.10 Å². The fraction of sp³-hybridized carbons (Fsp3) is 0.571. The Bertz CT molecular complexity index is 596. The maximum Gasteiger partial charge on any atom is 0.326 e. The smallest absolute Gasteiger partial charge is 0.326 e. The Morgan fingerprint density at radius 1 is 1.38 bits per heavy atom. The van der Waals surface area contributed by atoms with Gasteiger partial charge >= 0.3 is 5.97 Å². The first-order valence-corrected chi connectivity index (χ1v) is 7.16. The number of aromatic nitrogens is 2. The van der Waals surface area contributed by atoms with E-state index in [9.17, 15) is 19.5 Å². The van der Waals surface area contributed by atoms with Gasteiger partial charge in [0.15, 0.2) is 0 Å². The third kappa shape index (κ3) is 3.29. The second-order valence-electron chi connectivity index (χ2n) is 5.13. The van der Waals surface area contributed by atoms with Gasteiger partial charge in [0.05, 0.1) is 0 Å². The average molecular weight is 293 g/mol. The predicted molar refractivity (Wildman–Crippen MR) is 75.1 cm³/mol. The lowest BCUT2D eigenvalue weighted by Crippen LogP contribution is -2.48. The van der Waals surface area contributed by atoms with Crippen LogP contribution in [0.5, 0.6) is 0 Å². The average Bonchev–Trinajstić information content (AvgIpc) is 2.49. The topological polar surface area (TPSA) is 92.5 Å². The minimum atomic E-state index is -0.995. The van der Waals surface area contributed by atoms with Gasteiger partial charge in [0.1, 0.15) is 11.7 Å². The van der Waals surface area contributed by atoms with Gasteiger partial charge in [-0.15, -0.1) is 0 Å². The molecule has 0 bridgehead atoms. The van der Waals surface area contributed by atoms with Crippen LogP contribution in [-0.4, -0.2) is 44.3 Å². The third-order valence-corrected chi connectivity index (χ3v) is 3.57. The molecular weight excluding hydrogens is 274 g/mol. The van der Waals surface area contributed by atoms with Gasteiger partial charge in [0, 0.05) is 19.2 Å². The summed E-state index contributed by atoms with van der Waals surface area (Å²) >= 11 is 0. The molecule has 1 saturated heterocycles. The highest BCUT2D eigenvalue weighted by Gasteiger charge is 2.33. The lowest BCUT2D eigenvalue weighted by Gasteiger charge is -2.32. The molecule has 21 heavy (non-hydrogen) atoms. The minimum Gasteiger partial charge on any atom is -0.480 e. The van der Waals surface area contributed by atoms with Gasteiger partial charge in [-0.3, -0.25) is 9.59 Å². The summed E-state index contributed by atoms with van der Waals surface area (Å²) in [7, 11) is 0. The van der Waals surface area contributed by atoms with Gasteiger partial charge in [-0.1, -0.05) is 6.92 Å². The molecule has 7 heteroatoms. The SMILES string of the molecule is CCCn1nc(C(=O)N2CCCC[C@@H]2C(=O)O)ccc1=O. The molecule has 0 saturated carbocycles. The predicted octanol–water partition coefficient (Wildman–Crippen LogP) is 0.733. The fourth-order valence-electron chi connectivity index (χ4n) is 2.51. The van der Waals surface area contributed by atoms with Gasteiger partial charge in [0.25, 0.3) is 11.5 Å². The molecule has 1 aliphatic rings. The number of aryl methyl sites for hydroxylation is 1. The number of carboxylic acids is 1. The van der Waals surface area contributed by atoms with Crippen LogP contribution < -0.4 is 5.56 Å². The van der Waals surface area contributed by atoms with E-state index in [-0.39, 0.29) is 11.3 Å². The molecule has 1 N–H and O–H groups in total. The number of carbonyl (C=O) groups excluding carboxylic acids is 1. The zero-order chi connectivity index (χ0) is 15.4. The van der Waals surface area contributed by atoms with Gasteiger partial charge in [-0.05, 0) is 31.7 Å². The van der Waals surface area contributed by atoms with Crippen molar-refractivity contribution >= 4 is 11.9 Å². The molecule has 0 unspecified atom stereocenters. The normalized spacial score (nSPS) is 18.5. The highest BCUT2D eigenvalue weighted by molar-refractivity contribution is 5.95. The summed E-state index contributed by atoms with van der Waals surface area (Å²) < 4.78 is 1.24. The number of likely N-dealkylation sites (tertiary alicyclic amines) is 1. The summed E-state index contributed by atoms with van der Waals surface area (Å²) in [6.45, 7) is 2.75. The van der Waals surface area contributed by atoms with Crippen LogP contribution in [0.2, 0.25) is 0 Å². The standard InChI is InChI=1S/C14H19N3O4/c1-2-8-17-12(18)7-6-10(15-17)13(19)16-9-4-3-5-11(16)14(20)21/h6-7,11H,2-5,8-9H2,1H3,(H,20,21)/t11-/m1/s1. The van der Waals surface area contributed by atoms with E-state index in [1.807, 2.05) is 6.92 Å². The zero-order valence-corrected chi connectivity index (χ0v) is 12.0. The van der Waals surface area contributed by atoms with E-state index in [1.165, 1.54) is 21.7 Å². The van der Waals surface area contributed by atoms with E-state index >= 15 is 0 Å². The van der Waals surface area contributed by atoms with E-state index in [2.05, 4.69) is 5.10 Å². The van der Waals surface area contributed by atoms with Crippen LogP contribution in [0.4, 0.5) is 0 Å². The van der Waals surface area contributed by atoms with Crippen LogP contribution in [0.25, 0.3) is 0 Å². The van der Waals surface area contributed by atoms with E-state index in [4.69, 9.17) is 0 Å². The highest BCUT2D eigenvalue weighted by Crippen LogP contribution is 2.19. The van der Waals surface area contributed by atoms with E-state index in [1.54, 1.807) is 0 Å². The largest absolute Gasteiger partial charge is 0.480 e. The van der Waals surface area contributed by atoms with Crippen molar-refractivity contribution in [3.05, 3.63) is 28.2 Å². The van der Waals surface area contributed by atoms with Crippen LogP contribution in [0, 0.1) is 0 Å². The first-order valence-electron chi connectivity index (χ1n) is 7.16. The van der Waals surface area contributed by atoms with Crippen LogP contribution in [0.1, 0.15) is 43.1 Å². The summed E-state index contributed by atoms with van der Waals surface area (Å²) in [5.41, 5.74) is -0.141. The molecule has 114 valence electrons. The number of amides is 1. The van der Waals surface area contributed by atoms with Crippen molar-refractivity contribution in [2.24, 2.45) is 0 Å².